The Hall–Kier alpha value is -1.66. The van der Waals surface area contributed by atoms with Gasteiger partial charge in [0.15, 0.2) is 11.6 Å². The molecule has 2 fully saturated rings. The summed E-state index contributed by atoms with van der Waals surface area (Å²) in [6, 6.07) is 6.29. The van der Waals surface area contributed by atoms with Crippen LogP contribution in [0.25, 0.3) is 0 Å². The normalized spacial score (nSPS) is 20.0. The number of para-hydroxylation sites is 1. The maximum atomic E-state index is 13.5. The summed E-state index contributed by atoms with van der Waals surface area (Å²) in [6.07, 6.45) is 3.58. The van der Waals surface area contributed by atoms with Gasteiger partial charge in [-0.2, -0.15) is 0 Å². The zero-order chi connectivity index (χ0) is 18.2. The molecule has 0 aliphatic carbocycles. The molecule has 144 valence electrons. The third-order valence-electron chi connectivity index (χ3n) is 5.21. The SMILES string of the molecule is O=C(CCOc1ccccc1F)N1CCCN(CC2CCOCC2)CC1. The first-order valence-corrected chi connectivity index (χ1v) is 9.67. The Labute approximate surface area is 155 Å². The van der Waals surface area contributed by atoms with Crippen LogP contribution in [0.2, 0.25) is 0 Å². The van der Waals surface area contributed by atoms with Crippen LogP contribution >= 0.6 is 0 Å². The number of carbonyl (C=O) groups is 1. The van der Waals surface area contributed by atoms with Gasteiger partial charge in [0.2, 0.25) is 5.91 Å². The zero-order valence-corrected chi connectivity index (χ0v) is 15.4. The number of nitrogens with zero attached hydrogens (tertiary/aromatic N) is 2. The van der Waals surface area contributed by atoms with Crippen molar-refractivity contribution < 1.29 is 18.7 Å². The van der Waals surface area contributed by atoms with Gasteiger partial charge >= 0.3 is 0 Å². The minimum Gasteiger partial charge on any atom is -0.490 e. The Kier molecular flexibility index (Phi) is 7.26. The molecule has 5 nitrogen and oxygen atoms in total. The molecule has 6 heteroatoms. The third kappa shape index (κ3) is 5.68. The van der Waals surface area contributed by atoms with Gasteiger partial charge in [-0.15, -0.1) is 0 Å². The van der Waals surface area contributed by atoms with Gasteiger partial charge in [0.1, 0.15) is 0 Å². The lowest BCUT2D eigenvalue weighted by molar-refractivity contribution is -0.131. The highest BCUT2D eigenvalue weighted by Crippen LogP contribution is 2.18. The van der Waals surface area contributed by atoms with E-state index in [9.17, 15) is 9.18 Å². The summed E-state index contributed by atoms with van der Waals surface area (Å²) in [5, 5.41) is 0. The Morgan fingerprint density at radius 1 is 1.15 bits per heavy atom. The molecule has 26 heavy (non-hydrogen) atoms. The van der Waals surface area contributed by atoms with Gasteiger partial charge in [-0.1, -0.05) is 12.1 Å². The minimum atomic E-state index is -0.390. The second-order valence-corrected chi connectivity index (χ2v) is 7.12. The lowest BCUT2D eigenvalue weighted by Gasteiger charge is -2.28. The molecule has 1 aromatic carbocycles. The van der Waals surface area contributed by atoms with Crippen LogP contribution in [0, 0.1) is 11.7 Å². The van der Waals surface area contributed by atoms with E-state index in [4.69, 9.17) is 9.47 Å². The van der Waals surface area contributed by atoms with Gasteiger partial charge in [0.05, 0.1) is 13.0 Å². The van der Waals surface area contributed by atoms with Crippen LogP contribution in [-0.2, 0) is 9.53 Å². The van der Waals surface area contributed by atoms with Crippen LogP contribution in [0.15, 0.2) is 24.3 Å². The highest BCUT2D eigenvalue weighted by molar-refractivity contribution is 5.76. The summed E-state index contributed by atoms with van der Waals surface area (Å²) in [4.78, 5) is 16.9. The fraction of sp³-hybridized carbons (Fsp3) is 0.650. The molecule has 0 aromatic heterocycles. The maximum Gasteiger partial charge on any atom is 0.226 e. The number of amides is 1. The molecular weight excluding hydrogens is 335 g/mol. The molecule has 0 unspecified atom stereocenters. The molecule has 0 saturated carbocycles. The number of ether oxygens (including phenoxy) is 2. The van der Waals surface area contributed by atoms with Crippen molar-refractivity contribution in [1.82, 2.24) is 9.80 Å². The van der Waals surface area contributed by atoms with Crippen molar-refractivity contribution in [2.45, 2.75) is 25.7 Å². The Balaban J connectivity index is 1.39. The van der Waals surface area contributed by atoms with Crippen molar-refractivity contribution in [3.8, 4) is 5.75 Å². The minimum absolute atomic E-state index is 0.0919. The average molecular weight is 364 g/mol. The quantitative estimate of drug-likeness (QED) is 0.778. The summed E-state index contributed by atoms with van der Waals surface area (Å²) in [7, 11) is 0. The summed E-state index contributed by atoms with van der Waals surface area (Å²) in [5.74, 6) is 0.631. The van der Waals surface area contributed by atoms with Gasteiger partial charge in [-0.05, 0) is 43.9 Å². The fourth-order valence-electron chi connectivity index (χ4n) is 3.67. The van der Waals surface area contributed by atoms with E-state index in [-0.39, 0.29) is 24.7 Å². The van der Waals surface area contributed by atoms with Crippen LogP contribution in [0.5, 0.6) is 5.75 Å². The predicted molar refractivity (Wildman–Crippen MR) is 97.7 cm³/mol. The molecule has 1 aromatic rings. The first kappa shape index (κ1) is 19.1. The molecule has 2 heterocycles. The topological polar surface area (TPSA) is 42.0 Å². The van der Waals surface area contributed by atoms with E-state index in [1.165, 1.54) is 6.07 Å². The molecule has 0 N–H and O–H groups in total. The number of rotatable bonds is 6. The summed E-state index contributed by atoms with van der Waals surface area (Å²) in [6.45, 7) is 6.62. The highest BCUT2D eigenvalue weighted by atomic mass is 19.1. The summed E-state index contributed by atoms with van der Waals surface area (Å²) >= 11 is 0. The Morgan fingerprint density at radius 2 is 1.96 bits per heavy atom. The van der Waals surface area contributed by atoms with Crippen molar-refractivity contribution in [2.75, 3.05) is 52.5 Å². The lowest BCUT2D eigenvalue weighted by Crippen LogP contribution is -2.37. The van der Waals surface area contributed by atoms with Gasteiger partial charge < -0.3 is 19.3 Å². The van der Waals surface area contributed by atoms with Crippen LogP contribution in [-0.4, -0.2) is 68.3 Å². The van der Waals surface area contributed by atoms with Crippen molar-refractivity contribution >= 4 is 5.91 Å². The number of carbonyl (C=O) groups excluding carboxylic acids is 1. The van der Waals surface area contributed by atoms with Crippen LogP contribution < -0.4 is 4.74 Å². The van der Waals surface area contributed by atoms with Gasteiger partial charge in [-0.25, -0.2) is 4.39 Å². The molecule has 3 rings (SSSR count). The number of hydrogen-bond acceptors (Lipinski definition) is 4. The second kappa shape index (κ2) is 9.88. The van der Waals surface area contributed by atoms with E-state index in [0.717, 1.165) is 71.1 Å². The third-order valence-corrected chi connectivity index (χ3v) is 5.21. The molecule has 2 aliphatic heterocycles. The molecule has 0 radical (unpaired) electrons. The first-order valence-electron chi connectivity index (χ1n) is 9.67. The maximum absolute atomic E-state index is 13.5. The van der Waals surface area contributed by atoms with E-state index < -0.39 is 5.82 Å². The zero-order valence-electron chi connectivity index (χ0n) is 15.4. The predicted octanol–water partition coefficient (Wildman–Crippen LogP) is 2.56. The largest absolute Gasteiger partial charge is 0.490 e. The molecule has 0 bridgehead atoms. The lowest BCUT2D eigenvalue weighted by atomic mass is 10.00. The average Bonchev–Trinajstić information content (AvgIpc) is 2.90. The van der Waals surface area contributed by atoms with Gasteiger partial charge in [-0.3, -0.25) is 4.79 Å². The van der Waals surface area contributed by atoms with Crippen LogP contribution in [0.3, 0.4) is 0 Å². The van der Waals surface area contributed by atoms with E-state index in [2.05, 4.69) is 4.90 Å². The van der Waals surface area contributed by atoms with Crippen molar-refractivity contribution in [3.05, 3.63) is 30.1 Å². The monoisotopic (exact) mass is 364 g/mol. The van der Waals surface area contributed by atoms with Crippen molar-refractivity contribution in [1.29, 1.82) is 0 Å². The molecule has 0 atom stereocenters. The summed E-state index contributed by atoms with van der Waals surface area (Å²) in [5.41, 5.74) is 0. The molecule has 0 spiro atoms. The molecule has 1 amide bonds. The van der Waals surface area contributed by atoms with Crippen LogP contribution in [0.1, 0.15) is 25.7 Å². The van der Waals surface area contributed by atoms with E-state index in [1.54, 1.807) is 18.2 Å². The number of benzene rings is 1. The fourth-order valence-corrected chi connectivity index (χ4v) is 3.67. The first-order chi connectivity index (χ1) is 12.7. The Bertz CT molecular complexity index is 578. The molecular formula is C20H29FN2O3. The van der Waals surface area contributed by atoms with Crippen LogP contribution in [0.4, 0.5) is 4.39 Å². The number of hydrogen-bond donors (Lipinski definition) is 0. The van der Waals surface area contributed by atoms with Crippen molar-refractivity contribution in [2.24, 2.45) is 5.92 Å². The summed E-state index contributed by atoms with van der Waals surface area (Å²) < 4.78 is 24.4. The van der Waals surface area contributed by atoms with E-state index >= 15 is 0 Å². The number of halogens is 1. The highest BCUT2D eigenvalue weighted by Gasteiger charge is 2.22. The Morgan fingerprint density at radius 3 is 2.77 bits per heavy atom. The standard InChI is InChI=1S/C20H29FN2O3/c21-18-4-1-2-5-19(18)26-15-8-20(24)23-10-3-9-22(11-12-23)16-17-6-13-25-14-7-17/h1-2,4-5,17H,3,6-16H2. The smallest absolute Gasteiger partial charge is 0.226 e. The van der Waals surface area contributed by atoms with E-state index in [0.29, 0.717) is 0 Å². The van der Waals surface area contributed by atoms with Crippen molar-refractivity contribution in [3.63, 3.8) is 0 Å². The molecule has 2 saturated heterocycles. The van der Waals surface area contributed by atoms with Gasteiger partial charge in [0.25, 0.3) is 0 Å². The second-order valence-electron chi connectivity index (χ2n) is 7.12. The van der Waals surface area contributed by atoms with E-state index in [1.807, 2.05) is 4.90 Å². The van der Waals surface area contributed by atoms with Gasteiger partial charge in [0, 0.05) is 39.4 Å². The molecule has 2 aliphatic rings.